The maximum absolute atomic E-state index is 12.0. The van der Waals surface area contributed by atoms with Gasteiger partial charge in [-0.15, -0.1) is 0 Å². The van der Waals surface area contributed by atoms with Gasteiger partial charge in [0, 0.05) is 6.04 Å². The molecule has 0 aliphatic heterocycles. The predicted molar refractivity (Wildman–Crippen MR) is 84.4 cm³/mol. The Balaban J connectivity index is 2.38. The van der Waals surface area contributed by atoms with Crippen molar-refractivity contribution in [2.45, 2.75) is 59.0 Å². The number of carbonyl (C=O) groups excluding carboxylic acids is 1. The molecule has 0 spiro atoms. The minimum absolute atomic E-state index is 0.0599. The zero-order chi connectivity index (χ0) is 15.2. The van der Waals surface area contributed by atoms with Crippen molar-refractivity contribution in [1.29, 1.82) is 0 Å². The number of nitrogens with one attached hydrogen (secondary N) is 1. The monoisotopic (exact) mass is 276 g/mol. The van der Waals surface area contributed by atoms with E-state index < -0.39 is 6.04 Å². The Bertz CT molecular complexity index is 409. The van der Waals surface area contributed by atoms with Crippen molar-refractivity contribution in [1.82, 2.24) is 5.32 Å². The lowest BCUT2D eigenvalue weighted by Gasteiger charge is -2.22. The van der Waals surface area contributed by atoms with Crippen molar-refractivity contribution in [3.8, 4) is 0 Å². The Morgan fingerprint density at radius 3 is 2.40 bits per heavy atom. The molecule has 2 atom stereocenters. The molecule has 0 aliphatic rings. The zero-order valence-electron chi connectivity index (χ0n) is 13.1. The molecule has 0 bridgehead atoms. The maximum atomic E-state index is 12.0. The van der Waals surface area contributed by atoms with Gasteiger partial charge in [0.15, 0.2) is 0 Å². The smallest absolute Gasteiger partial charge is 0.237 e. The first-order valence-corrected chi connectivity index (χ1v) is 7.38. The summed E-state index contributed by atoms with van der Waals surface area (Å²) in [6.45, 7) is 8.67. The van der Waals surface area contributed by atoms with Crippen molar-refractivity contribution < 1.29 is 4.79 Å². The molecule has 1 aromatic rings. The van der Waals surface area contributed by atoms with Crippen LogP contribution in [0.5, 0.6) is 0 Å². The highest BCUT2D eigenvalue weighted by atomic mass is 16.2. The van der Waals surface area contributed by atoms with Gasteiger partial charge in [-0.3, -0.25) is 4.79 Å². The first-order chi connectivity index (χ1) is 9.28. The van der Waals surface area contributed by atoms with Crippen LogP contribution >= 0.6 is 0 Å². The Morgan fingerprint density at radius 1 is 1.25 bits per heavy atom. The second-order valence-corrected chi connectivity index (χ2v) is 6.81. The molecule has 0 radical (unpaired) electrons. The summed E-state index contributed by atoms with van der Waals surface area (Å²) in [5, 5.41) is 3.01. The second-order valence-electron chi connectivity index (χ2n) is 6.81. The van der Waals surface area contributed by atoms with Gasteiger partial charge in [-0.1, -0.05) is 51.1 Å². The standard InChI is InChI=1S/C17H28N2O/c1-13(10-11-17(2,3)4)19-16(20)15(18)12-14-8-6-5-7-9-14/h5-9,13,15H,10-12,18H2,1-4H3,(H,19,20)/t13?,15-/m0/s1. The van der Waals surface area contributed by atoms with Crippen LogP contribution in [0.15, 0.2) is 30.3 Å². The molecular formula is C17H28N2O. The molecule has 1 rings (SSSR count). The van der Waals surface area contributed by atoms with Crippen molar-refractivity contribution in [3.63, 3.8) is 0 Å². The predicted octanol–water partition coefficient (Wildman–Crippen LogP) is 2.89. The minimum atomic E-state index is -0.477. The van der Waals surface area contributed by atoms with E-state index in [1.54, 1.807) is 0 Å². The van der Waals surface area contributed by atoms with Crippen LogP contribution in [0.25, 0.3) is 0 Å². The molecular weight excluding hydrogens is 248 g/mol. The summed E-state index contributed by atoms with van der Waals surface area (Å²) in [5.41, 5.74) is 7.36. The second kappa shape index (κ2) is 7.44. The third-order valence-corrected chi connectivity index (χ3v) is 3.35. The molecule has 0 aliphatic carbocycles. The van der Waals surface area contributed by atoms with Crippen LogP contribution in [0.2, 0.25) is 0 Å². The topological polar surface area (TPSA) is 55.1 Å². The SMILES string of the molecule is CC(CCC(C)(C)C)NC(=O)[C@@H](N)Cc1ccccc1. The van der Waals surface area contributed by atoms with Crippen LogP contribution in [0.1, 0.15) is 46.1 Å². The van der Waals surface area contributed by atoms with Gasteiger partial charge in [0.25, 0.3) is 0 Å². The maximum Gasteiger partial charge on any atom is 0.237 e. The number of hydrogen-bond donors (Lipinski definition) is 2. The fraction of sp³-hybridized carbons (Fsp3) is 0.588. The first-order valence-electron chi connectivity index (χ1n) is 7.38. The Kier molecular flexibility index (Phi) is 6.21. The van der Waals surface area contributed by atoms with E-state index in [1.807, 2.05) is 37.3 Å². The largest absolute Gasteiger partial charge is 0.352 e. The van der Waals surface area contributed by atoms with Gasteiger partial charge in [-0.05, 0) is 37.2 Å². The number of benzene rings is 1. The summed E-state index contributed by atoms with van der Waals surface area (Å²) < 4.78 is 0. The van der Waals surface area contributed by atoms with E-state index in [4.69, 9.17) is 5.73 Å². The summed E-state index contributed by atoms with van der Waals surface area (Å²) in [6.07, 6.45) is 2.65. The molecule has 0 saturated heterocycles. The summed E-state index contributed by atoms with van der Waals surface area (Å²) in [5.74, 6) is -0.0599. The van der Waals surface area contributed by atoms with E-state index in [9.17, 15) is 4.79 Å². The molecule has 0 heterocycles. The molecule has 1 unspecified atom stereocenters. The quantitative estimate of drug-likeness (QED) is 0.839. The highest BCUT2D eigenvalue weighted by Gasteiger charge is 2.18. The molecule has 3 N–H and O–H groups in total. The van der Waals surface area contributed by atoms with E-state index in [-0.39, 0.29) is 11.9 Å². The van der Waals surface area contributed by atoms with Gasteiger partial charge >= 0.3 is 0 Å². The molecule has 1 amide bonds. The van der Waals surface area contributed by atoms with E-state index in [0.29, 0.717) is 11.8 Å². The average Bonchev–Trinajstić information content (AvgIpc) is 2.36. The van der Waals surface area contributed by atoms with Gasteiger partial charge < -0.3 is 11.1 Å². The van der Waals surface area contributed by atoms with Crippen molar-refractivity contribution in [2.75, 3.05) is 0 Å². The van der Waals surface area contributed by atoms with Crippen LogP contribution in [-0.2, 0) is 11.2 Å². The van der Waals surface area contributed by atoms with Gasteiger partial charge in [0.05, 0.1) is 6.04 Å². The molecule has 3 nitrogen and oxygen atoms in total. The normalized spacial score (nSPS) is 14.7. The molecule has 0 fully saturated rings. The number of hydrogen-bond acceptors (Lipinski definition) is 2. The van der Waals surface area contributed by atoms with E-state index in [0.717, 1.165) is 18.4 Å². The first kappa shape index (κ1) is 16.7. The summed E-state index contributed by atoms with van der Waals surface area (Å²) >= 11 is 0. The van der Waals surface area contributed by atoms with Crippen LogP contribution < -0.4 is 11.1 Å². The Morgan fingerprint density at radius 2 is 1.85 bits per heavy atom. The molecule has 3 heteroatoms. The highest BCUT2D eigenvalue weighted by molar-refractivity contribution is 5.82. The van der Waals surface area contributed by atoms with E-state index in [2.05, 4.69) is 26.1 Å². The highest BCUT2D eigenvalue weighted by Crippen LogP contribution is 2.21. The van der Waals surface area contributed by atoms with Crippen molar-refractivity contribution in [3.05, 3.63) is 35.9 Å². The van der Waals surface area contributed by atoms with Crippen molar-refractivity contribution >= 4 is 5.91 Å². The van der Waals surface area contributed by atoms with E-state index >= 15 is 0 Å². The summed E-state index contributed by atoms with van der Waals surface area (Å²) in [7, 11) is 0. The summed E-state index contributed by atoms with van der Waals surface area (Å²) in [4.78, 5) is 12.0. The zero-order valence-corrected chi connectivity index (χ0v) is 13.1. The van der Waals surface area contributed by atoms with E-state index in [1.165, 1.54) is 0 Å². The van der Waals surface area contributed by atoms with Crippen LogP contribution in [0, 0.1) is 5.41 Å². The minimum Gasteiger partial charge on any atom is -0.352 e. The third-order valence-electron chi connectivity index (χ3n) is 3.35. The number of carbonyl (C=O) groups is 1. The Labute approximate surface area is 122 Å². The van der Waals surface area contributed by atoms with Gasteiger partial charge in [0.1, 0.15) is 0 Å². The molecule has 112 valence electrons. The van der Waals surface area contributed by atoms with Gasteiger partial charge in [-0.2, -0.15) is 0 Å². The molecule has 20 heavy (non-hydrogen) atoms. The fourth-order valence-electron chi connectivity index (χ4n) is 2.03. The molecule has 1 aromatic carbocycles. The van der Waals surface area contributed by atoms with Crippen molar-refractivity contribution in [2.24, 2.45) is 11.1 Å². The lowest BCUT2D eigenvalue weighted by Crippen LogP contribution is -2.45. The van der Waals surface area contributed by atoms with Gasteiger partial charge in [-0.25, -0.2) is 0 Å². The summed E-state index contributed by atoms with van der Waals surface area (Å²) in [6, 6.07) is 9.58. The number of nitrogens with two attached hydrogens (primary N) is 1. The molecule has 0 saturated carbocycles. The van der Waals surface area contributed by atoms with Crippen LogP contribution in [-0.4, -0.2) is 18.0 Å². The van der Waals surface area contributed by atoms with Gasteiger partial charge in [0.2, 0.25) is 5.91 Å². The van der Waals surface area contributed by atoms with Crippen LogP contribution in [0.4, 0.5) is 0 Å². The lowest BCUT2D eigenvalue weighted by molar-refractivity contribution is -0.123. The average molecular weight is 276 g/mol. The third kappa shape index (κ3) is 6.71. The molecule has 0 aromatic heterocycles. The van der Waals surface area contributed by atoms with Crippen LogP contribution in [0.3, 0.4) is 0 Å². The fourth-order valence-corrected chi connectivity index (χ4v) is 2.03. The Hall–Kier alpha value is -1.35. The number of amides is 1. The lowest BCUT2D eigenvalue weighted by atomic mass is 9.89. The number of rotatable bonds is 6.